The molecule has 0 aliphatic carbocycles. The maximum Gasteiger partial charge on any atom is 0.130 e. The first-order chi connectivity index (χ1) is 8.72. The molecule has 3 heteroatoms. The Kier molecular flexibility index (Phi) is 4.15. The van der Waals surface area contributed by atoms with Gasteiger partial charge in [-0.05, 0) is 31.2 Å². The first-order valence-electron chi connectivity index (χ1n) is 6.23. The Morgan fingerprint density at radius 1 is 1.28 bits per heavy atom. The highest BCUT2D eigenvalue weighted by molar-refractivity contribution is 5.28. The van der Waals surface area contributed by atoms with E-state index in [1.54, 1.807) is 19.3 Å². The smallest absolute Gasteiger partial charge is 0.130 e. The molecule has 1 atom stereocenters. The third-order valence-corrected chi connectivity index (χ3v) is 3.03. The average molecular weight is 247 g/mol. The first kappa shape index (κ1) is 12.8. The summed E-state index contributed by atoms with van der Waals surface area (Å²) in [6, 6.07) is 9.22. The third kappa shape index (κ3) is 2.79. The first-order valence-corrected chi connectivity index (χ1v) is 6.23. The van der Waals surface area contributed by atoms with Crippen molar-refractivity contribution < 1.29 is 8.81 Å². The predicted molar refractivity (Wildman–Crippen MR) is 70.0 cm³/mol. The number of benzene rings is 1. The number of furan rings is 1. The van der Waals surface area contributed by atoms with Gasteiger partial charge < -0.3 is 9.73 Å². The Balaban J connectivity index is 2.26. The van der Waals surface area contributed by atoms with Crippen LogP contribution in [-0.2, 0) is 6.42 Å². The van der Waals surface area contributed by atoms with Gasteiger partial charge in [-0.3, -0.25) is 0 Å². The molecule has 1 aromatic heterocycles. The average Bonchev–Trinajstić information content (AvgIpc) is 2.85. The third-order valence-electron chi connectivity index (χ3n) is 3.03. The molecule has 0 saturated carbocycles. The van der Waals surface area contributed by atoms with Crippen LogP contribution in [-0.4, -0.2) is 6.54 Å². The van der Waals surface area contributed by atoms with Gasteiger partial charge in [-0.2, -0.15) is 0 Å². The minimum absolute atomic E-state index is 0.0546. The van der Waals surface area contributed by atoms with E-state index in [1.807, 2.05) is 31.2 Å². The van der Waals surface area contributed by atoms with E-state index in [0.29, 0.717) is 17.5 Å². The van der Waals surface area contributed by atoms with Gasteiger partial charge in [0.1, 0.15) is 11.6 Å². The molecule has 0 radical (unpaired) electrons. The van der Waals surface area contributed by atoms with Gasteiger partial charge in [-0.15, -0.1) is 0 Å². The van der Waals surface area contributed by atoms with Crippen LogP contribution in [0.3, 0.4) is 0 Å². The van der Waals surface area contributed by atoms with Gasteiger partial charge in [0.25, 0.3) is 0 Å². The number of halogens is 1. The molecule has 18 heavy (non-hydrogen) atoms. The molecule has 0 aliphatic rings. The molecule has 2 nitrogen and oxygen atoms in total. The summed E-state index contributed by atoms with van der Waals surface area (Å²) in [5.41, 5.74) is 1.38. The zero-order valence-corrected chi connectivity index (χ0v) is 10.7. The molecule has 1 N–H and O–H groups in total. The number of rotatable bonds is 5. The molecule has 0 amide bonds. The lowest BCUT2D eigenvalue weighted by molar-refractivity contribution is 0.443. The van der Waals surface area contributed by atoms with Crippen LogP contribution in [0.4, 0.5) is 4.39 Å². The van der Waals surface area contributed by atoms with Crippen molar-refractivity contribution in [3.8, 4) is 0 Å². The molecule has 0 fully saturated rings. The van der Waals surface area contributed by atoms with E-state index in [4.69, 9.17) is 4.42 Å². The molecule has 0 aliphatic heterocycles. The monoisotopic (exact) mass is 247 g/mol. The molecule has 1 heterocycles. The Hall–Kier alpha value is -1.61. The van der Waals surface area contributed by atoms with E-state index >= 15 is 0 Å². The maximum absolute atomic E-state index is 14.1. The fourth-order valence-electron chi connectivity index (χ4n) is 2.11. The second kappa shape index (κ2) is 5.83. The van der Waals surface area contributed by atoms with Crippen molar-refractivity contribution in [3.63, 3.8) is 0 Å². The number of hydrogen-bond donors (Lipinski definition) is 1. The lowest BCUT2D eigenvalue weighted by Gasteiger charge is -2.18. The van der Waals surface area contributed by atoms with Crippen molar-refractivity contribution in [3.05, 3.63) is 59.3 Å². The van der Waals surface area contributed by atoms with Crippen LogP contribution in [0.5, 0.6) is 0 Å². The lowest BCUT2D eigenvalue weighted by Crippen LogP contribution is -2.24. The van der Waals surface area contributed by atoms with E-state index < -0.39 is 0 Å². The summed E-state index contributed by atoms with van der Waals surface area (Å²) < 4.78 is 19.5. The Morgan fingerprint density at radius 3 is 2.78 bits per heavy atom. The van der Waals surface area contributed by atoms with Gasteiger partial charge >= 0.3 is 0 Å². The van der Waals surface area contributed by atoms with Crippen LogP contribution >= 0.6 is 0 Å². The topological polar surface area (TPSA) is 25.2 Å². The van der Waals surface area contributed by atoms with Crippen molar-refractivity contribution >= 4 is 0 Å². The molecule has 0 saturated heterocycles. The van der Waals surface area contributed by atoms with Crippen LogP contribution < -0.4 is 5.32 Å². The second-order valence-corrected chi connectivity index (χ2v) is 4.37. The van der Waals surface area contributed by atoms with Gasteiger partial charge in [0, 0.05) is 18.0 Å². The van der Waals surface area contributed by atoms with Crippen LogP contribution in [0.25, 0.3) is 0 Å². The minimum Gasteiger partial charge on any atom is -0.469 e. The van der Waals surface area contributed by atoms with Crippen molar-refractivity contribution in [2.75, 3.05) is 6.54 Å². The highest BCUT2D eigenvalue weighted by atomic mass is 19.1. The van der Waals surface area contributed by atoms with Gasteiger partial charge in [0.15, 0.2) is 0 Å². The summed E-state index contributed by atoms with van der Waals surface area (Å²) in [5.74, 6) is 0.733. The summed E-state index contributed by atoms with van der Waals surface area (Å²) in [4.78, 5) is 0. The molecule has 1 aromatic carbocycles. The zero-order chi connectivity index (χ0) is 13.0. The Morgan fingerprint density at radius 2 is 2.11 bits per heavy atom. The fourth-order valence-corrected chi connectivity index (χ4v) is 2.11. The van der Waals surface area contributed by atoms with Gasteiger partial charge in [-0.25, -0.2) is 4.39 Å². The quantitative estimate of drug-likeness (QED) is 0.873. The Labute approximate surface area is 107 Å². The number of nitrogens with one attached hydrogen (secondary N) is 1. The number of likely N-dealkylation sites (N-methyl/N-ethyl adjacent to an activating group) is 1. The van der Waals surface area contributed by atoms with E-state index in [9.17, 15) is 4.39 Å². The number of hydrogen-bond acceptors (Lipinski definition) is 2. The summed E-state index contributed by atoms with van der Waals surface area (Å²) in [5, 5.41) is 3.31. The number of aryl methyl sites for hydroxylation is 1. The zero-order valence-electron chi connectivity index (χ0n) is 10.7. The molecule has 1 unspecified atom stereocenters. The van der Waals surface area contributed by atoms with Crippen LogP contribution in [0, 0.1) is 12.7 Å². The van der Waals surface area contributed by atoms with Crippen molar-refractivity contribution in [1.29, 1.82) is 0 Å². The highest BCUT2D eigenvalue weighted by Crippen LogP contribution is 2.23. The molecule has 0 bridgehead atoms. The van der Waals surface area contributed by atoms with Crippen LogP contribution in [0.2, 0.25) is 0 Å². The Bertz CT molecular complexity index is 493. The molecule has 0 spiro atoms. The molecule has 2 aromatic rings. The summed E-state index contributed by atoms with van der Waals surface area (Å²) in [6.07, 6.45) is 2.30. The van der Waals surface area contributed by atoms with Crippen molar-refractivity contribution in [2.45, 2.75) is 26.3 Å². The van der Waals surface area contributed by atoms with Crippen LogP contribution in [0.1, 0.15) is 29.9 Å². The summed E-state index contributed by atoms with van der Waals surface area (Å²) >= 11 is 0. The van der Waals surface area contributed by atoms with Crippen molar-refractivity contribution in [1.82, 2.24) is 5.32 Å². The van der Waals surface area contributed by atoms with Crippen molar-refractivity contribution in [2.24, 2.45) is 0 Å². The van der Waals surface area contributed by atoms with Crippen LogP contribution in [0.15, 0.2) is 41.0 Å². The standard InChI is InChI=1S/C15H18FNO/c1-3-17-14(10-12-7-5-9-18-12)13-8-4-6-11(2)15(13)16/h4-9,14,17H,3,10H2,1-2H3. The van der Waals surface area contributed by atoms with Gasteiger partial charge in [0.2, 0.25) is 0 Å². The van der Waals surface area contributed by atoms with E-state index in [2.05, 4.69) is 5.32 Å². The largest absolute Gasteiger partial charge is 0.469 e. The summed E-state index contributed by atoms with van der Waals surface area (Å²) in [6.45, 7) is 4.59. The summed E-state index contributed by atoms with van der Waals surface area (Å²) in [7, 11) is 0. The molecule has 2 rings (SSSR count). The minimum atomic E-state index is -0.130. The van der Waals surface area contributed by atoms with Gasteiger partial charge in [-0.1, -0.05) is 25.1 Å². The second-order valence-electron chi connectivity index (χ2n) is 4.37. The normalized spacial score (nSPS) is 12.6. The van der Waals surface area contributed by atoms with Gasteiger partial charge in [0.05, 0.1) is 6.26 Å². The predicted octanol–water partition coefficient (Wildman–Crippen LogP) is 3.62. The maximum atomic E-state index is 14.1. The fraction of sp³-hybridized carbons (Fsp3) is 0.333. The van der Waals surface area contributed by atoms with E-state index in [-0.39, 0.29) is 11.9 Å². The highest BCUT2D eigenvalue weighted by Gasteiger charge is 2.17. The molecule has 96 valence electrons. The molecular weight excluding hydrogens is 229 g/mol. The molecular formula is C15H18FNO. The van der Waals surface area contributed by atoms with E-state index in [0.717, 1.165) is 12.3 Å². The lowest BCUT2D eigenvalue weighted by atomic mass is 9.99. The SMILES string of the molecule is CCNC(Cc1ccco1)c1cccc(C)c1F. The van der Waals surface area contributed by atoms with E-state index in [1.165, 1.54) is 0 Å².